The Morgan fingerprint density at radius 2 is 1.45 bits per heavy atom. The molecule has 3 fully saturated rings. The molecule has 0 bridgehead atoms. The molecule has 1 aromatic rings. The molecule has 7 amide bonds. The van der Waals surface area contributed by atoms with Crippen molar-refractivity contribution in [3.8, 4) is 0 Å². The summed E-state index contributed by atoms with van der Waals surface area (Å²) in [5, 5.41) is 23.0. The SMILES string of the molecule is CCCCCNC(=O)C(=O)CC[C@H](NC(=O)c1ccncc1C(=O)O)C(=O)N[C@H](C(=O)N1CC(=O)C[C@H]1C(=O)N[C@H](C(=O)N[C@H](C(N)=O)C1CCCCC1)C1CCCCC1)C(C)(C)C. The minimum Gasteiger partial charge on any atom is -0.478 e. The van der Waals surface area contributed by atoms with E-state index < -0.39 is 119 Å². The molecular weight excluding hydrogens is 829 g/mol. The van der Waals surface area contributed by atoms with Crippen LogP contribution in [0.2, 0.25) is 0 Å². The van der Waals surface area contributed by atoms with Crippen LogP contribution in [0.15, 0.2) is 18.5 Å². The first-order chi connectivity index (χ1) is 30.3. The number of carbonyl (C=O) groups excluding carboxylic acids is 9. The summed E-state index contributed by atoms with van der Waals surface area (Å²) in [5.41, 5.74) is 3.89. The van der Waals surface area contributed by atoms with Crippen molar-refractivity contribution >= 4 is 58.9 Å². The van der Waals surface area contributed by atoms with E-state index in [0.717, 1.165) is 81.4 Å². The summed E-state index contributed by atoms with van der Waals surface area (Å²) in [6, 6.07) is -5.26. The first-order valence-corrected chi connectivity index (χ1v) is 22.7. The molecule has 0 spiro atoms. The number of rotatable bonds is 21. The lowest BCUT2D eigenvalue weighted by atomic mass is 9.81. The first kappa shape index (κ1) is 50.9. The van der Waals surface area contributed by atoms with Gasteiger partial charge in [0.15, 0.2) is 5.78 Å². The lowest BCUT2D eigenvalue weighted by Gasteiger charge is -2.37. The number of primary amides is 1. The summed E-state index contributed by atoms with van der Waals surface area (Å²) in [7, 11) is 0. The third kappa shape index (κ3) is 14.1. The van der Waals surface area contributed by atoms with Crippen molar-refractivity contribution in [3.63, 3.8) is 0 Å². The van der Waals surface area contributed by atoms with Gasteiger partial charge in [-0.1, -0.05) is 79.1 Å². The molecule has 2 saturated carbocycles. The maximum atomic E-state index is 14.6. The van der Waals surface area contributed by atoms with Crippen LogP contribution in [0, 0.1) is 17.3 Å². The van der Waals surface area contributed by atoms with Crippen LogP contribution < -0.4 is 32.3 Å². The normalized spacial score (nSPS) is 19.0. The predicted octanol–water partition coefficient (Wildman–Crippen LogP) is 1.85. The topological polar surface area (TPSA) is 293 Å². The number of nitrogens with zero attached hydrogens (tertiary/aromatic N) is 2. The monoisotopic (exact) mass is 894 g/mol. The fourth-order valence-corrected chi connectivity index (χ4v) is 8.79. The average Bonchev–Trinajstić information content (AvgIpc) is 3.67. The molecular formula is C45H66N8O11. The molecule has 1 aliphatic heterocycles. The molecule has 4 rings (SSSR count). The minimum absolute atomic E-state index is 0.144. The van der Waals surface area contributed by atoms with E-state index in [0.29, 0.717) is 19.3 Å². The lowest BCUT2D eigenvalue weighted by Crippen LogP contribution is -2.62. The molecule has 19 nitrogen and oxygen atoms in total. The highest BCUT2D eigenvalue weighted by Crippen LogP contribution is 2.30. The second kappa shape index (κ2) is 23.8. The fraction of sp³-hybridized carbons (Fsp3) is 0.667. The number of carbonyl (C=O) groups is 10. The van der Waals surface area contributed by atoms with E-state index in [2.05, 4.69) is 31.6 Å². The molecule has 5 atom stereocenters. The molecule has 0 aromatic carbocycles. The third-order valence-electron chi connectivity index (χ3n) is 12.5. The summed E-state index contributed by atoms with van der Waals surface area (Å²) >= 11 is 0. The van der Waals surface area contributed by atoms with Crippen LogP contribution >= 0.6 is 0 Å². The van der Waals surface area contributed by atoms with Crippen LogP contribution in [0.4, 0.5) is 0 Å². The van der Waals surface area contributed by atoms with Gasteiger partial charge >= 0.3 is 5.97 Å². The van der Waals surface area contributed by atoms with Crippen LogP contribution in [0.25, 0.3) is 0 Å². The molecule has 19 heteroatoms. The van der Waals surface area contributed by atoms with E-state index in [4.69, 9.17) is 5.73 Å². The number of aromatic nitrogens is 1. The van der Waals surface area contributed by atoms with Gasteiger partial charge in [-0.25, -0.2) is 4.79 Å². The van der Waals surface area contributed by atoms with Crippen molar-refractivity contribution in [2.45, 2.75) is 161 Å². The van der Waals surface area contributed by atoms with Crippen LogP contribution in [-0.2, 0) is 38.4 Å². The maximum absolute atomic E-state index is 14.6. The van der Waals surface area contributed by atoms with Gasteiger partial charge < -0.3 is 42.3 Å². The van der Waals surface area contributed by atoms with Crippen LogP contribution in [0.3, 0.4) is 0 Å². The van der Waals surface area contributed by atoms with E-state index in [1.165, 1.54) is 6.20 Å². The number of likely N-dealkylation sites (tertiary alicyclic amines) is 1. The summed E-state index contributed by atoms with van der Waals surface area (Å²) in [4.78, 5) is 138. The Morgan fingerprint density at radius 1 is 0.828 bits per heavy atom. The smallest absolute Gasteiger partial charge is 0.338 e. The van der Waals surface area contributed by atoms with Crippen molar-refractivity contribution in [3.05, 3.63) is 29.6 Å². The number of unbranched alkanes of at least 4 members (excludes halogenated alkanes) is 2. The number of hydrogen-bond acceptors (Lipinski definition) is 11. The number of carboxylic acid groups (broad SMARTS) is 1. The highest BCUT2D eigenvalue weighted by atomic mass is 16.4. The summed E-state index contributed by atoms with van der Waals surface area (Å²) < 4.78 is 0. The highest BCUT2D eigenvalue weighted by molar-refractivity contribution is 6.36. The van der Waals surface area contributed by atoms with E-state index in [9.17, 15) is 53.1 Å². The standard InChI is InChI=1S/C45H66N8O11/c1-5-6-13-21-48-41(60)33(55)19-18-31(49-38(57)29-20-22-47-24-30(29)44(63)64)39(58)52-36(45(2,3)4)43(62)53-25-28(54)23-32(53)40(59)51-35(27-16-11-8-12-17-27)42(61)50-34(37(46)56)26-14-9-7-10-15-26/h20,22,24,26-27,31-32,34-36H,5-19,21,23,25H2,1-4H3,(H2,46,56)(H,48,60)(H,49,57)(H,50,61)(H,51,59)(H,52,58)(H,63,64)/t31-,32-,34-,35-,36+/m0/s1. The molecule has 8 N–H and O–H groups in total. The zero-order valence-electron chi connectivity index (χ0n) is 37.5. The molecule has 352 valence electrons. The van der Waals surface area contributed by atoms with Crippen molar-refractivity contribution in [2.24, 2.45) is 23.0 Å². The van der Waals surface area contributed by atoms with E-state index in [-0.39, 0.29) is 30.4 Å². The number of pyridine rings is 1. The molecule has 2 heterocycles. The number of hydrogen-bond donors (Lipinski definition) is 7. The zero-order valence-corrected chi connectivity index (χ0v) is 37.5. The Hall–Kier alpha value is -5.75. The molecule has 1 saturated heterocycles. The Kier molecular flexibility index (Phi) is 18.9. The van der Waals surface area contributed by atoms with E-state index in [1.54, 1.807) is 20.8 Å². The van der Waals surface area contributed by atoms with Crippen molar-refractivity contribution in [1.82, 2.24) is 36.5 Å². The van der Waals surface area contributed by atoms with Crippen molar-refractivity contribution < 1.29 is 53.1 Å². The molecule has 1 aromatic heterocycles. The van der Waals surface area contributed by atoms with Gasteiger partial charge in [0.25, 0.3) is 11.8 Å². The van der Waals surface area contributed by atoms with Crippen LogP contribution in [-0.4, -0.2) is 117 Å². The van der Waals surface area contributed by atoms with Crippen LogP contribution in [0.1, 0.15) is 151 Å². The summed E-state index contributed by atoms with van der Waals surface area (Å²) in [6.45, 7) is 6.65. The van der Waals surface area contributed by atoms with Gasteiger partial charge in [-0.3, -0.25) is 48.1 Å². The van der Waals surface area contributed by atoms with Gasteiger partial charge in [-0.2, -0.15) is 0 Å². The zero-order chi connectivity index (χ0) is 47.1. The summed E-state index contributed by atoms with van der Waals surface area (Å²) in [5.74, 6) is -8.87. The second-order valence-electron chi connectivity index (χ2n) is 18.4. The largest absolute Gasteiger partial charge is 0.478 e. The number of nitrogens with two attached hydrogens (primary N) is 1. The predicted molar refractivity (Wildman–Crippen MR) is 232 cm³/mol. The number of carboxylic acids is 1. The number of Topliss-reactive ketones (excluding diaryl/α,β-unsaturated/α-hetero) is 2. The summed E-state index contributed by atoms with van der Waals surface area (Å²) in [6.07, 6.45) is 11.3. The lowest BCUT2D eigenvalue weighted by molar-refractivity contribution is -0.145. The van der Waals surface area contributed by atoms with Gasteiger partial charge in [-0.15, -0.1) is 0 Å². The fourth-order valence-electron chi connectivity index (χ4n) is 8.79. The number of amides is 7. The van der Waals surface area contributed by atoms with Gasteiger partial charge in [0.05, 0.1) is 17.7 Å². The third-order valence-corrected chi connectivity index (χ3v) is 12.5. The van der Waals surface area contributed by atoms with Crippen molar-refractivity contribution in [1.29, 1.82) is 0 Å². The highest BCUT2D eigenvalue weighted by Gasteiger charge is 2.46. The molecule has 3 aliphatic rings. The van der Waals surface area contributed by atoms with Gasteiger partial charge in [0, 0.05) is 31.8 Å². The van der Waals surface area contributed by atoms with Gasteiger partial charge in [0.2, 0.25) is 35.3 Å². The first-order valence-electron chi connectivity index (χ1n) is 22.7. The Balaban J connectivity index is 1.57. The molecule has 0 unspecified atom stereocenters. The number of nitrogens with one attached hydrogen (secondary N) is 5. The average molecular weight is 895 g/mol. The Bertz CT molecular complexity index is 1900. The van der Waals surface area contributed by atoms with Crippen molar-refractivity contribution in [2.75, 3.05) is 13.1 Å². The number of aromatic carboxylic acids is 1. The molecule has 64 heavy (non-hydrogen) atoms. The van der Waals surface area contributed by atoms with Gasteiger partial charge in [-0.05, 0) is 61.8 Å². The van der Waals surface area contributed by atoms with Gasteiger partial charge in [0.1, 0.15) is 30.2 Å². The Labute approximate surface area is 373 Å². The van der Waals surface area contributed by atoms with Crippen LogP contribution in [0.5, 0.6) is 0 Å². The number of ketones is 2. The van der Waals surface area contributed by atoms with E-state index >= 15 is 0 Å². The minimum atomic E-state index is -1.58. The Morgan fingerprint density at radius 3 is 2.03 bits per heavy atom. The molecule has 0 radical (unpaired) electrons. The maximum Gasteiger partial charge on any atom is 0.338 e. The van der Waals surface area contributed by atoms with E-state index in [1.807, 2.05) is 6.92 Å². The quantitative estimate of drug-likeness (QED) is 0.0688. The second-order valence-corrected chi connectivity index (χ2v) is 18.4. The molecule has 2 aliphatic carbocycles.